The second kappa shape index (κ2) is 8.17. The first-order valence-electron chi connectivity index (χ1n) is 7.71. The van der Waals surface area contributed by atoms with E-state index in [1.165, 1.54) is 0 Å². The van der Waals surface area contributed by atoms with E-state index in [9.17, 15) is 9.59 Å². The average molecular weight is 314 g/mol. The maximum absolute atomic E-state index is 12.0. The first-order valence-corrected chi connectivity index (χ1v) is 7.71. The van der Waals surface area contributed by atoms with E-state index >= 15 is 0 Å². The van der Waals surface area contributed by atoms with Gasteiger partial charge in [-0.15, -0.1) is 0 Å². The van der Waals surface area contributed by atoms with E-state index in [1.807, 2.05) is 24.3 Å². The molecule has 2 rings (SSSR count). The van der Waals surface area contributed by atoms with E-state index in [0.717, 1.165) is 17.7 Å². The minimum Gasteiger partial charge on any atom is -0.493 e. The predicted molar refractivity (Wildman–Crippen MR) is 89.8 cm³/mol. The number of benzene rings is 1. The maximum atomic E-state index is 12.0. The Bertz CT molecular complexity index is 645. The van der Waals surface area contributed by atoms with Gasteiger partial charge in [-0.05, 0) is 42.3 Å². The fourth-order valence-corrected chi connectivity index (χ4v) is 2.08. The molecule has 0 fully saturated rings. The summed E-state index contributed by atoms with van der Waals surface area (Å²) in [4.78, 5) is 22.8. The van der Waals surface area contributed by atoms with Crippen LogP contribution >= 0.6 is 0 Å². The van der Waals surface area contributed by atoms with Crippen LogP contribution in [0.4, 0.5) is 5.69 Å². The van der Waals surface area contributed by atoms with Crippen LogP contribution in [0.3, 0.4) is 0 Å². The van der Waals surface area contributed by atoms with Crippen LogP contribution in [-0.2, 0) is 11.3 Å². The smallest absolute Gasteiger partial charge is 0.226 e. The molecule has 0 saturated carbocycles. The number of carbonyl (C=O) groups excluding carboxylic acids is 2. The van der Waals surface area contributed by atoms with Crippen molar-refractivity contribution in [2.75, 3.05) is 11.9 Å². The predicted octanol–water partition coefficient (Wildman–Crippen LogP) is 3.36. The normalized spacial score (nSPS) is 10.6. The number of hydrogen-bond donors (Lipinski definition) is 1. The van der Waals surface area contributed by atoms with Crippen LogP contribution in [0.1, 0.15) is 30.8 Å². The van der Waals surface area contributed by atoms with Gasteiger partial charge in [-0.3, -0.25) is 9.59 Å². The molecule has 5 nitrogen and oxygen atoms in total. The zero-order chi connectivity index (χ0) is 16.7. The Morgan fingerprint density at radius 1 is 1.26 bits per heavy atom. The second-order valence-electron chi connectivity index (χ2n) is 5.77. The van der Waals surface area contributed by atoms with Crippen LogP contribution in [0.15, 0.2) is 42.6 Å². The first-order chi connectivity index (χ1) is 11.1. The number of rotatable bonds is 8. The van der Waals surface area contributed by atoms with Crippen LogP contribution in [0.25, 0.3) is 0 Å². The molecule has 0 aliphatic rings. The van der Waals surface area contributed by atoms with Crippen molar-refractivity contribution in [1.29, 1.82) is 0 Å². The summed E-state index contributed by atoms with van der Waals surface area (Å²) in [5.74, 6) is 1.17. The Kier molecular flexibility index (Phi) is 5.97. The summed E-state index contributed by atoms with van der Waals surface area (Å²) in [6.45, 7) is 5.33. The molecule has 5 heteroatoms. The summed E-state index contributed by atoms with van der Waals surface area (Å²) in [5.41, 5.74) is 1.31. The highest BCUT2D eigenvalue weighted by atomic mass is 16.5. The monoisotopic (exact) mass is 314 g/mol. The van der Waals surface area contributed by atoms with Gasteiger partial charge in [-0.25, -0.2) is 0 Å². The molecule has 0 atom stereocenters. The summed E-state index contributed by atoms with van der Waals surface area (Å²) in [6, 6.07) is 10.8. The van der Waals surface area contributed by atoms with E-state index in [0.29, 0.717) is 31.2 Å². The Morgan fingerprint density at radius 3 is 2.65 bits per heavy atom. The van der Waals surface area contributed by atoms with Crippen molar-refractivity contribution in [3.05, 3.63) is 48.3 Å². The van der Waals surface area contributed by atoms with Gasteiger partial charge in [0.25, 0.3) is 0 Å². The summed E-state index contributed by atoms with van der Waals surface area (Å²) >= 11 is 0. The maximum Gasteiger partial charge on any atom is 0.226 e. The van der Waals surface area contributed by atoms with E-state index < -0.39 is 0 Å². The molecule has 122 valence electrons. The summed E-state index contributed by atoms with van der Waals surface area (Å²) < 4.78 is 7.36. The quantitative estimate of drug-likeness (QED) is 0.760. The zero-order valence-electron chi connectivity index (χ0n) is 13.5. The molecular weight excluding hydrogens is 292 g/mol. The lowest BCUT2D eigenvalue weighted by molar-refractivity contribution is -0.116. The van der Waals surface area contributed by atoms with Gasteiger partial charge in [0.2, 0.25) is 5.91 Å². The molecule has 0 aliphatic carbocycles. The average Bonchev–Trinajstić information content (AvgIpc) is 3.00. The van der Waals surface area contributed by atoms with Gasteiger partial charge >= 0.3 is 0 Å². The van der Waals surface area contributed by atoms with Crippen LogP contribution < -0.4 is 10.1 Å². The molecule has 0 radical (unpaired) electrons. The summed E-state index contributed by atoms with van der Waals surface area (Å²) in [6.07, 6.45) is 2.88. The third kappa shape index (κ3) is 5.29. The van der Waals surface area contributed by atoms with Crippen LogP contribution in [0.2, 0.25) is 0 Å². The number of hydrogen-bond acceptors (Lipinski definition) is 3. The highest BCUT2D eigenvalue weighted by molar-refractivity contribution is 5.90. The minimum atomic E-state index is -0.0913. The van der Waals surface area contributed by atoms with Gasteiger partial charge in [0.1, 0.15) is 5.75 Å². The van der Waals surface area contributed by atoms with Gasteiger partial charge in [-0.1, -0.05) is 13.8 Å². The molecule has 0 bridgehead atoms. The number of nitrogens with zero attached hydrogens (tertiary/aromatic N) is 1. The van der Waals surface area contributed by atoms with Crippen molar-refractivity contribution >= 4 is 17.9 Å². The van der Waals surface area contributed by atoms with Crippen LogP contribution in [0.5, 0.6) is 5.75 Å². The topological polar surface area (TPSA) is 60.3 Å². The Balaban J connectivity index is 1.82. The van der Waals surface area contributed by atoms with Gasteiger partial charge in [-0.2, -0.15) is 0 Å². The van der Waals surface area contributed by atoms with Crippen molar-refractivity contribution < 1.29 is 14.3 Å². The van der Waals surface area contributed by atoms with Gasteiger partial charge in [0, 0.05) is 24.8 Å². The second-order valence-corrected chi connectivity index (χ2v) is 5.77. The number of carbonyl (C=O) groups is 2. The van der Waals surface area contributed by atoms with E-state index in [2.05, 4.69) is 19.2 Å². The highest BCUT2D eigenvalue weighted by Crippen LogP contribution is 2.16. The van der Waals surface area contributed by atoms with Crippen LogP contribution in [-0.4, -0.2) is 23.4 Å². The molecular formula is C18H22N2O3. The number of aldehydes is 1. The van der Waals surface area contributed by atoms with E-state index in [4.69, 9.17) is 4.74 Å². The SMILES string of the molecule is CC(C)COc1ccc(NC(=O)CCn2cccc2C=O)cc1. The van der Waals surface area contributed by atoms with E-state index in [1.54, 1.807) is 22.9 Å². The number of aryl methyl sites for hydroxylation is 1. The van der Waals surface area contributed by atoms with Crippen molar-refractivity contribution in [2.45, 2.75) is 26.8 Å². The largest absolute Gasteiger partial charge is 0.493 e. The third-order valence-electron chi connectivity index (χ3n) is 3.29. The van der Waals surface area contributed by atoms with Gasteiger partial charge in [0.15, 0.2) is 6.29 Å². The van der Waals surface area contributed by atoms with E-state index in [-0.39, 0.29) is 5.91 Å². The van der Waals surface area contributed by atoms with Gasteiger partial charge < -0.3 is 14.6 Å². The molecule has 0 saturated heterocycles. The molecule has 0 unspecified atom stereocenters. The van der Waals surface area contributed by atoms with Crippen molar-refractivity contribution in [3.8, 4) is 5.75 Å². The van der Waals surface area contributed by atoms with Crippen molar-refractivity contribution in [2.24, 2.45) is 5.92 Å². The fraction of sp³-hybridized carbons (Fsp3) is 0.333. The number of nitrogens with one attached hydrogen (secondary N) is 1. The lowest BCUT2D eigenvalue weighted by atomic mass is 10.2. The number of aromatic nitrogens is 1. The Morgan fingerprint density at radius 2 is 2.00 bits per heavy atom. The molecule has 2 aromatic rings. The lowest BCUT2D eigenvalue weighted by Gasteiger charge is -2.10. The number of amides is 1. The molecule has 1 heterocycles. The molecule has 23 heavy (non-hydrogen) atoms. The molecule has 1 N–H and O–H groups in total. The lowest BCUT2D eigenvalue weighted by Crippen LogP contribution is -2.15. The Labute approximate surface area is 136 Å². The first kappa shape index (κ1) is 16.8. The fourth-order valence-electron chi connectivity index (χ4n) is 2.08. The molecule has 1 aromatic carbocycles. The zero-order valence-corrected chi connectivity index (χ0v) is 13.5. The van der Waals surface area contributed by atoms with Crippen molar-refractivity contribution in [3.63, 3.8) is 0 Å². The van der Waals surface area contributed by atoms with Crippen LogP contribution in [0, 0.1) is 5.92 Å². The summed E-state index contributed by atoms with van der Waals surface area (Å²) in [7, 11) is 0. The molecule has 0 aliphatic heterocycles. The highest BCUT2D eigenvalue weighted by Gasteiger charge is 2.05. The standard InChI is InChI=1S/C18H22N2O3/c1-14(2)13-23-17-7-5-15(6-8-17)19-18(22)9-11-20-10-3-4-16(20)12-21/h3-8,10,12,14H,9,11,13H2,1-2H3,(H,19,22). The number of anilines is 1. The number of ether oxygens (including phenoxy) is 1. The molecule has 0 spiro atoms. The molecule has 1 amide bonds. The minimum absolute atomic E-state index is 0.0913. The van der Waals surface area contributed by atoms with Gasteiger partial charge in [0.05, 0.1) is 12.3 Å². The van der Waals surface area contributed by atoms with Crippen molar-refractivity contribution in [1.82, 2.24) is 4.57 Å². The third-order valence-corrected chi connectivity index (χ3v) is 3.29. The summed E-state index contributed by atoms with van der Waals surface area (Å²) in [5, 5.41) is 2.84. The molecule has 1 aromatic heterocycles. The Hall–Kier alpha value is -2.56.